The first-order valence-electron chi connectivity index (χ1n) is 10.7. The van der Waals surface area contributed by atoms with E-state index >= 15 is 0 Å². The fraction of sp³-hybridized carbons (Fsp3) is 0.333. The minimum Gasteiger partial charge on any atom is -0.324 e. The molecule has 1 aliphatic carbocycles. The molecule has 158 valence electrons. The summed E-state index contributed by atoms with van der Waals surface area (Å²) in [6.07, 6.45) is 4.27. The van der Waals surface area contributed by atoms with E-state index in [-0.39, 0.29) is 12.5 Å². The number of amides is 1. The SMILES string of the molecule is Cc1cc(C)n(Cc2cccc(NC(=O)Cn3nc(C)c4c(C5CC5)ccnc43)c2)n1. The molecule has 1 saturated carbocycles. The maximum atomic E-state index is 12.8. The molecule has 0 spiro atoms. The first-order valence-corrected chi connectivity index (χ1v) is 10.7. The van der Waals surface area contributed by atoms with Crippen LogP contribution >= 0.6 is 0 Å². The lowest BCUT2D eigenvalue weighted by molar-refractivity contribution is -0.116. The van der Waals surface area contributed by atoms with Crippen molar-refractivity contribution < 1.29 is 4.79 Å². The molecule has 5 rings (SSSR count). The summed E-state index contributed by atoms with van der Waals surface area (Å²) in [5.74, 6) is 0.493. The second kappa shape index (κ2) is 7.65. The van der Waals surface area contributed by atoms with Crippen molar-refractivity contribution in [3.63, 3.8) is 0 Å². The summed E-state index contributed by atoms with van der Waals surface area (Å²) < 4.78 is 3.68. The average Bonchev–Trinajstić information content (AvgIpc) is 3.46. The van der Waals surface area contributed by atoms with Gasteiger partial charge in [-0.3, -0.25) is 9.48 Å². The van der Waals surface area contributed by atoms with Crippen molar-refractivity contribution in [2.24, 2.45) is 0 Å². The van der Waals surface area contributed by atoms with Crippen LogP contribution in [0.5, 0.6) is 0 Å². The highest BCUT2D eigenvalue weighted by Gasteiger charge is 2.27. The second-order valence-corrected chi connectivity index (χ2v) is 8.45. The number of rotatable bonds is 6. The van der Waals surface area contributed by atoms with Crippen molar-refractivity contribution in [1.29, 1.82) is 0 Å². The summed E-state index contributed by atoms with van der Waals surface area (Å²) in [5, 5.41) is 13.2. The minimum atomic E-state index is -0.119. The summed E-state index contributed by atoms with van der Waals surface area (Å²) in [6, 6.07) is 12.0. The molecule has 0 bridgehead atoms. The van der Waals surface area contributed by atoms with Crippen molar-refractivity contribution in [2.45, 2.75) is 52.6 Å². The number of nitrogens with zero attached hydrogens (tertiary/aromatic N) is 5. The molecule has 7 heteroatoms. The van der Waals surface area contributed by atoms with Crippen LogP contribution in [0.15, 0.2) is 42.6 Å². The van der Waals surface area contributed by atoms with Crippen LogP contribution in [0.3, 0.4) is 0 Å². The van der Waals surface area contributed by atoms with Gasteiger partial charge in [-0.2, -0.15) is 10.2 Å². The van der Waals surface area contributed by atoms with E-state index in [0.717, 1.165) is 39.4 Å². The highest BCUT2D eigenvalue weighted by molar-refractivity contribution is 5.92. The highest BCUT2D eigenvalue weighted by Crippen LogP contribution is 2.43. The summed E-state index contributed by atoms with van der Waals surface area (Å²) in [7, 11) is 0. The Morgan fingerprint density at radius 3 is 2.68 bits per heavy atom. The largest absolute Gasteiger partial charge is 0.324 e. The molecule has 1 fully saturated rings. The lowest BCUT2D eigenvalue weighted by Gasteiger charge is -2.09. The van der Waals surface area contributed by atoms with E-state index in [1.165, 1.54) is 18.4 Å². The van der Waals surface area contributed by atoms with Gasteiger partial charge >= 0.3 is 0 Å². The summed E-state index contributed by atoms with van der Waals surface area (Å²) in [6.45, 7) is 6.83. The smallest absolute Gasteiger partial charge is 0.246 e. The standard InChI is InChI=1S/C24H26N6O/c1-15-11-16(2)29(27-15)13-18-5-4-6-20(12-18)26-22(31)14-30-24-23(17(3)28-30)21(9-10-25-24)19-7-8-19/h4-6,9-12,19H,7-8,13-14H2,1-3H3,(H,26,31). The molecule has 4 aromatic rings. The number of carbonyl (C=O) groups excluding carboxylic acids is 1. The molecular weight excluding hydrogens is 388 g/mol. The zero-order valence-electron chi connectivity index (χ0n) is 18.1. The van der Waals surface area contributed by atoms with Crippen molar-refractivity contribution in [2.75, 3.05) is 5.32 Å². The van der Waals surface area contributed by atoms with Crippen LogP contribution < -0.4 is 5.32 Å². The van der Waals surface area contributed by atoms with Gasteiger partial charge in [-0.1, -0.05) is 12.1 Å². The van der Waals surface area contributed by atoms with E-state index in [4.69, 9.17) is 0 Å². The Labute approximate surface area is 181 Å². The van der Waals surface area contributed by atoms with Gasteiger partial charge in [0, 0.05) is 23.0 Å². The second-order valence-electron chi connectivity index (χ2n) is 8.45. The van der Waals surface area contributed by atoms with Gasteiger partial charge in [0.15, 0.2) is 5.65 Å². The van der Waals surface area contributed by atoms with Gasteiger partial charge in [0.25, 0.3) is 0 Å². The Bertz CT molecular complexity index is 1280. The van der Waals surface area contributed by atoms with Crippen LogP contribution in [0.1, 0.15) is 47.0 Å². The van der Waals surface area contributed by atoms with Crippen LogP contribution in [-0.4, -0.2) is 30.5 Å². The van der Waals surface area contributed by atoms with Gasteiger partial charge in [0.1, 0.15) is 6.54 Å². The minimum absolute atomic E-state index is 0.119. The first-order chi connectivity index (χ1) is 15.0. The third-order valence-corrected chi connectivity index (χ3v) is 5.80. The zero-order valence-corrected chi connectivity index (χ0v) is 18.1. The number of aromatic nitrogens is 5. The van der Waals surface area contributed by atoms with Gasteiger partial charge in [0.2, 0.25) is 5.91 Å². The lowest BCUT2D eigenvalue weighted by atomic mass is 10.1. The fourth-order valence-corrected chi connectivity index (χ4v) is 4.25. The van der Waals surface area contributed by atoms with Crippen molar-refractivity contribution in [3.8, 4) is 0 Å². The normalized spacial score (nSPS) is 13.6. The number of aryl methyl sites for hydroxylation is 3. The van der Waals surface area contributed by atoms with Crippen LogP contribution in [0.2, 0.25) is 0 Å². The number of carbonyl (C=O) groups is 1. The summed E-state index contributed by atoms with van der Waals surface area (Å²) >= 11 is 0. The summed E-state index contributed by atoms with van der Waals surface area (Å²) in [5.41, 5.74) is 7.00. The van der Waals surface area contributed by atoms with Crippen molar-refractivity contribution in [1.82, 2.24) is 24.5 Å². The van der Waals surface area contributed by atoms with Gasteiger partial charge in [-0.15, -0.1) is 0 Å². The van der Waals surface area contributed by atoms with E-state index in [2.05, 4.69) is 32.6 Å². The molecule has 0 atom stereocenters. The molecule has 0 saturated heterocycles. The Morgan fingerprint density at radius 1 is 1.10 bits per heavy atom. The molecule has 1 amide bonds. The molecule has 3 heterocycles. The molecule has 7 nitrogen and oxygen atoms in total. The van der Waals surface area contributed by atoms with Crippen molar-refractivity contribution in [3.05, 3.63) is 70.8 Å². The third-order valence-electron chi connectivity index (χ3n) is 5.80. The molecule has 1 N–H and O–H groups in total. The number of pyridine rings is 1. The van der Waals surface area contributed by atoms with Crippen LogP contribution in [0.4, 0.5) is 5.69 Å². The predicted octanol–water partition coefficient (Wildman–Crippen LogP) is 4.12. The topological polar surface area (TPSA) is 77.6 Å². The Kier molecular flexibility index (Phi) is 4.81. The highest BCUT2D eigenvalue weighted by atomic mass is 16.2. The predicted molar refractivity (Wildman–Crippen MR) is 120 cm³/mol. The average molecular weight is 415 g/mol. The Hall–Kier alpha value is -3.48. The number of hydrogen-bond acceptors (Lipinski definition) is 4. The molecule has 0 aliphatic heterocycles. The molecule has 0 radical (unpaired) electrons. The van der Waals surface area contributed by atoms with E-state index in [0.29, 0.717) is 12.5 Å². The van der Waals surface area contributed by atoms with Crippen LogP contribution in [-0.2, 0) is 17.9 Å². The molecule has 1 aromatic carbocycles. The molecule has 1 aliphatic rings. The molecule has 0 unspecified atom stereocenters. The number of anilines is 1. The number of benzene rings is 1. The Morgan fingerprint density at radius 2 is 1.94 bits per heavy atom. The zero-order chi connectivity index (χ0) is 21.5. The molecular formula is C24H26N6O. The summed E-state index contributed by atoms with van der Waals surface area (Å²) in [4.78, 5) is 17.3. The lowest BCUT2D eigenvalue weighted by Crippen LogP contribution is -2.20. The van der Waals surface area contributed by atoms with E-state index in [1.54, 1.807) is 4.68 Å². The van der Waals surface area contributed by atoms with Crippen LogP contribution in [0.25, 0.3) is 11.0 Å². The number of fused-ring (bicyclic) bond motifs is 1. The van der Waals surface area contributed by atoms with Gasteiger partial charge < -0.3 is 5.32 Å². The van der Waals surface area contributed by atoms with Gasteiger partial charge in [-0.25, -0.2) is 9.67 Å². The first kappa shape index (κ1) is 19.5. The third kappa shape index (κ3) is 3.95. The van der Waals surface area contributed by atoms with Crippen LogP contribution in [0, 0.1) is 20.8 Å². The van der Waals surface area contributed by atoms with Gasteiger partial charge in [-0.05, 0) is 74.9 Å². The Balaban J connectivity index is 1.32. The van der Waals surface area contributed by atoms with Gasteiger partial charge in [0.05, 0.1) is 17.9 Å². The van der Waals surface area contributed by atoms with E-state index < -0.39 is 0 Å². The quantitative estimate of drug-likeness (QED) is 0.515. The van der Waals surface area contributed by atoms with Crippen molar-refractivity contribution >= 4 is 22.6 Å². The molecule has 31 heavy (non-hydrogen) atoms. The van der Waals surface area contributed by atoms with E-state index in [9.17, 15) is 4.79 Å². The number of nitrogens with one attached hydrogen (secondary N) is 1. The molecule has 3 aromatic heterocycles. The fourth-order valence-electron chi connectivity index (χ4n) is 4.25. The van der Waals surface area contributed by atoms with E-state index in [1.807, 2.05) is 55.9 Å². The number of hydrogen-bond donors (Lipinski definition) is 1. The maximum absolute atomic E-state index is 12.8. The monoisotopic (exact) mass is 414 g/mol. The maximum Gasteiger partial charge on any atom is 0.246 e.